The second-order valence-electron chi connectivity index (χ2n) is 13.7. The number of ketones is 1. The number of rotatable bonds is 17. The molecule has 3 heterocycles. The van der Waals surface area contributed by atoms with Crippen LogP contribution in [0.3, 0.4) is 0 Å². The highest BCUT2D eigenvalue weighted by Gasteiger charge is 2.44. The largest absolute Gasteiger partial charge is 0.434 e. The molecule has 284 valence electrons. The first-order valence-electron chi connectivity index (χ1n) is 17.7. The predicted octanol–water partition coefficient (Wildman–Crippen LogP) is 2.69. The van der Waals surface area contributed by atoms with E-state index in [1.165, 1.54) is 4.90 Å². The molecule has 2 amide bonds. The summed E-state index contributed by atoms with van der Waals surface area (Å²) in [4.78, 5) is 49.7. The fourth-order valence-electron chi connectivity index (χ4n) is 6.70. The number of likely N-dealkylation sites (tertiary alicyclic amines) is 1. The van der Waals surface area contributed by atoms with Crippen LogP contribution in [0.1, 0.15) is 61.7 Å². The minimum Gasteiger partial charge on any atom is -0.434 e. The average Bonchev–Trinajstić information content (AvgIpc) is 3.77. The summed E-state index contributed by atoms with van der Waals surface area (Å²) in [5, 5.41) is 17.6. The molecule has 0 bridgehead atoms. The van der Waals surface area contributed by atoms with E-state index in [1.54, 1.807) is 48.3 Å². The average molecular weight is 761 g/mol. The summed E-state index contributed by atoms with van der Waals surface area (Å²) in [6.07, 6.45) is 1.96. The number of carbonyl (C=O) groups excluding carboxylic acids is 3. The number of fused-ring (bicyclic) bond motifs is 1. The molecule has 2 aromatic carbocycles. The molecule has 5 rings (SSSR count). The number of sulfonamides is 1. The summed E-state index contributed by atoms with van der Waals surface area (Å²) in [6.45, 7) is 4.24. The van der Waals surface area contributed by atoms with Gasteiger partial charge < -0.3 is 29.8 Å². The molecule has 0 radical (unpaired) electrons. The molecule has 2 aliphatic heterocycles. The lowest BCUT2D eigenvalue weighted by Gasteiger charge is -2.31. The number of Topliss-reactive ketones (excluding diaryl/α,β-unsaturated/α-hetero) is 1. The second-order valence-corrected chi connectivity index (χ2v) is 15.9. The normalized spacial score (nSPS) is 20.2. The van der Waals surface area contributed by atoms with E-state index in [9.17, 15) is 27.9 Å². The van der Waals surface area contributed by atoms with E-state index in [0.717, 1.165) is 37.8 Å². The fraction of sp³-hybridized carbons (Fsp3) is 0.556. The van der Waals surface area contributed by atoms with Crippen LogP contribution in [0.15, 0.2) is 52.9 Å². The van der Waals surface area contributed by atoms with E-state index in [0.29, 0.717) is 35.0 Å². The van der Waals surface area contributed by atoms with Gasteiger partial charge in [0.25, 0.3) is 5.89 Å². The number of nitrogens with zero attached hydrogens (tertiary/aromatic N) is 3. The number of carbonyl (C=O) groups is 3. The van der Waals surface area contributed by atoms with Crippen LogP contribution < -0.4 is 15.4 Å². The first-order chi connectivity index (χ1) is 24.8. The van der Waals surface area contributed by atoms with E-state index >= 15 is 0 Å². The summed E-state index contributed by atoms with van der Waals surface area (Å²) < 4.78 is 39.4. The molecular formula is C36H49ClN6O8S. The summed E-state index contributed by atoms with van der Waals surface area (Å²) in [6, 6.07) is 10.5. The number of oxazole rings is 1. The number of ether oxygens (including phenoxy) is 1. The predicted molar refractivity (Wildman–Crippen MR) is 196 cm³/mol. The van der Waals surface area contributed by atoms with Gasteiger partial charge in [0.1, 0.15) is 29.9 Å². The zero-order chi connectivity index (χ0) is 37.4. The van der Waals surface area contributed by atoms with Crippen molar-refractivity contribution in [2.24, 2.45) is 5.92 Å². The third-order valence-corrected chi connectivity index (χ3v) is 10.8. The molecular weight excluding hydrogens is 712 g/mol. The Morgan fingerprint density at radius 2 is 1.85 bits per heavy atom. The van der Waals surface area contributed by atoms with Crippen LogP contribution in [0.5, 0.6) is 0 Å². The molecule has 14 nitrogen and oxygen atoms in total. The molecule has 5 atom stereocenters. The van der Waals surface area contributed by atoms with E-state index in [4.69, 9.17) is 20.8 Å². The topological polar surface area (TPSA) is 183 Å². The third-order valence-electron chi connectivity index (χ3n) is 9.82. The Labute approximate surface area is 309 Å². The Balaban J connectivity index is 1.40. The maximum Gasteiger partial charge on any atom is 0.266 e. The number of hydrogen-bond acceptors (Lipinski definition) is 11. The number of piperidine rings is 1. The van der Waals surface area contributed by atoms with Gasteiger partial charge in [-0.05, 0) is 88.1 Å². The van der Waals surface area contributed by atoms with Gasteiger partial charge in [0.05, 0.1) is 19.0 Å². The molecule has 2 aliphatic rings. The van der Waals surface area contributed by atoms with Gasteiger partial charge in [-0.15, -0.1) is 0 Å². The van der Waals surface area contributed by atoms with Crippen molar-refractivity contribution in [3.8, 4) is 0 Å². The number of aliphatic hydroxyl groups is 1. The summed E-state index contributed by atoms with van der Waals surface area (Å²) in [5.41, 5.74) is 1.69. The van der Waals surface area contributed by atoms with E-state index < -0.39 is 58.1 Å². The van der Waals surface area contributed by atoms with Gasteiger partial charge in [-0.25, -0.2) is 18.1 Å². The lowest BCUT2D eigenvalue weighted by molar-refractivity contribution is -0.140. The van der Waals surface area contributed by atoms with E-state index in [1.807, 2.05) is 19.1 Å². The molecule has 2 fully saturated rings. The molecule has 1 unspecified atom stereocenters. The SMILES string of the molecule is CCN(C)C(O)C[C@H](NC(=O)[C@@H]1C[C@@H](OCc2ccc(Cl)cc2)CN1C(=O)[C@@H](CCC1CCNCC1)NS(C)(=O)=O)C(=O)c1nc2ccccc2o1. The highest BCUT2D eigenvalue weighted by Crippen LogP contribution is 2.27. The first-order valence-corrected chi connectivity index (χ1v) is 20.0. The Morgan fingerprint density at radius 3 is 2.52 bits per heavy atom. The number of hydrogen-bond donors (Lipinski definition) is 4. The van der Waals surface area contributed by atoms with Crippen molar-refractivity contribution in [2.75, 3.05) is 39.5 Å². The number of benzene rings is 2. The molecule has 0 saturated carbocycles. The maximum absolute atomic E-state index is 14.3. The smallest absolute Gasteiger partial charge is 0.266 e. The van der Waals surface area contributed by atoms with Crippen molar-refractivity contribution in [3.05, 3.63) is 65.0 Å². The lowest BCUT2D eigenvalue weighted by Crippen LogP contribution is -2.56. The van der Waals surface area contributed by atoms with Gasteiger partial charge in [-0.1, -0.05) is 42.8 Å². The van der Waals surface area contributed by atoms with Crippen LogP contribution in [0, 0.1) is 5.92 Å². The van der Waals surface area contributed by atoms with Crippen molar-refractivity contribution >= 4 is 50.3 Å². The molecule has 2 saturated heterocycles. The van der Waals surface area contributed by atoms with Crippen LogP contribution in [0.2, 0.25) is 5.02 Å². The Bertz CT molecular complexity index is 1750. The van der Waals surface area contributed by atoms with E-state index in [2.05, 4.69) is 20.3 Å². The van der Waals surface area contributed by atoms with Gasteiger partial charge in [0, 0.05) is 24.4 Å². The van der Waals surface area contributed by atoms with Crippen molar-refractivity contribution in [3.63, 3.8) is 0 Å². The number of amides is 2. The Kier molecular flexibility index (Phi) is 13.8. The minimum atomic E-state index is -3.80. The number of aliphatic hydroxyl groups excluding tert-OH is 1. The molecule has 52 heavy (non-hydrogen) atoms. The lowest BCUT2D eigenvalue weighted by atomic mass is 9.91. The Hall–Kier alpha value is -3.44. The molecule has 0 aliphatic carbocycles. The van der Waals surface area contributed by atoms with Gasteiger partial charge in [-0.2, -0.15) is 0 Å². The summed E-state index contributed by atoms with van der Waals surface area (Å²) in [7, 11) is -2.11. The zero-order valence-corrected chi connectivity index (χ0v) is 31.4. The van der Waals surface area contributed by atoms with Crippen molar-refractivity contribution < 1.29 is 37.1 Å². The van der Waals surface area contributed by atoms with Crippen LogP contribution in [0.25, 0.3) is 11.1 Å². The van der Waals surface area contributed by atoms with Crippen molar-refractivity contribution in [1.82, 2.24) is 30.1 Å². The quantitative estimate of drug-likeness (QED) is 0.117. The zero-order valence-electron chi connectivity index (χ0n) is 29.8. The van der Waals surface area contributed by atoms with Crippen LogP contribution in [-0.2, 0) is 31.0 Å². The maximum atomic E-state index is 14.3. The summed E-state index contributed by atoms with van der Waals surface area (Å²) >= 11 is 6.04. The summed E-state index contributed by atoms with van der Waals surface area (Å²) in [5.74, 6) is -1.74. The first kappa shape index (κ1) is 39.8. The highest BCUT2D eigenvalue weighted by atomic mass is 35.5. The van der Waals surface area contributed by atoms with Crippen LogP contribution >= 0.6 is 11.6 Å². The van der Waals surface area contributed by atoms with Crippen molar-refractivity contribution in [1.29, 1.82) is 0 Å². The minimum absolute atomic E-state index is 0.0186. The van der Waals surface area contributed by atoms with E-state index in [-0.39, 0.29) is 38.3 Å². The van der Waals surface area contributed by atoms with Gasteiger partial charge in [0.2, 0.25) is 27.6 Å². The fourth-order valence-corrected chi connectivity index (χ4v) is 7.56. The molecule has 4 N–H and O–H groups in total. The highest BCUT2D eigenvalue weighted by molar-refractivity contribution is 7.88. The monoisotopic (exact) mass is 760 g/mol. The molecule has 0 spiro atoms. The number of nitrogens with one attached hydrogen (secondary N) is 3. The second kappa shape index (κ2) is 18.1. The van der Waals surface area contributed by atoms with Gasteiger partial charge >= 0.3 is 0 Å². The van der Waals surface area contributed by atoms with Gasteiger partial charge in [-0.3, -0.25) is 19.3 Å². The molecule has 16 heteroatoms. The van der Waals surface area contributed by atoms with Crippen molar-refractivity contribution in [2.45, 2.75) is 82.5 Å². The van der Waals surface area contributed by atoms with Crippen LogP contribution in [0.4, 0.5) is 0 Å². The number of aromatic nitrogens is 1. The molecule has 1 aromatic heterocycles. The standard InChI is InChI=1S/C36H49ClN6O8S/c1-4-42(2)32(44)20-29(33(45)35-40-27-7-5-6-8-31(27)51-35)39-34(46)30-19-26(50-22-24-9-12-25(37)13-10-24)21-43(30)36(47)28(41-52(3,48)49)14-11-23-15-17-38-18-16-23/h5-10,12-13,23,26,28-30,32,38,41,44H,4,11,14-22H2,1-3H3,(H,39,46)/t26-,28-,29+,30+,32?/m1/s1. The number of halogens is 1. The van der Waals surface area contributed by atoms with Gasteiger partial charge in [0.15, 0.2) is 5.58 Å². The molecule has 3 aromatic rings. The number of para-hydroxylation sites is 2. The van der Waals surface area contributed by atoms with Crippen LogP contribution in [-0.4, -0.2) is 116 Å². The third kappa shape index (κ3) is 10.8. The Morgan fingerprint density at radius 1 is 1.13 bits per heavy atom.